The fourth-order valence-electron chi connectivity index (χ4n) is 1.33. The molecule has 0 saturated carbocycles. The average molecular weight is 266 g/mol. The molecule has 4 N–H and O–H groups in total. The summed E-state index contributed by atoms with van der Waals surface area (Å²) in [5.74, 6) is 6.65. The molecule has 0 aliphatic rings. The van der Waals surface area contributed by atoms with Crippen molar-refractivity contribution < 1.29 is 0 Å². The minimum atomic E-state index is 0.581. The van der Waals surface area contributed by atoms with Crippen molar-refractivity contribution in [2.24, 2.45) is 5.84 Å². The summed E-state index contributed by atoms with van der Waals surface area (Å²) in [6.07, 6.45) is 5.36. The smallest absolute Gasteiger partial charge is 0.191 e. The summed E-state index contributed by atoms with van der Waals surface area (Å²) in [7, 11) is 0. The van der Waals surface area contributed by atoms with Crippen LogP contribution >= 0.6 is 11.8 Å². The summed E-state index contributed by atoms with van der Waals surface area (Å²) in [6, 6.07) is 1.75. The van der Waals surface area contributed by atoms with Crippen LogP contribution in [0, 0.1) is 0 Å². The lowest BCUT2D eigenvalue weighted by Crippen LogP contribution is -2.14. The average Bonchev–Trinajstić information content (AvgIpc) is 2.91. The topological polar surface area (TPSA) is 107 Å². The van der Waals surface area contributed by atoms with Gasteiger partial charge in [-0.1, -0.05) is 17.0 Å². The summed E-state index contributed by atoms with van der Waals surface area (Å²) in [5, 5.41) is 11.4. The Balaban J connectivity index is 1.95. The summed E-state index contributed by atoms with van der Waals surface area (Å²) in [4.78, 5) is 8.50. The van der Waals surface area contributed by atoms with Gasteiger partial charge in [-0.2, -0.15) is 0 Å². The van der Waals surface area contributed by atoms with Gasteiger partial charge in [-0.15, -0.1) is 5.10 Å². The van der Waals surface area contributed by atoms with Gasteiger partial charge >= 0.3 is 0 Å². The Morgan fingerprint density at radius 3 is 2.89 bits per heavy atom. The van der Waals surface area contributed by atoms with Crippen molar-refractivity contribution >= 4 is 23.4 Å². The van der Waals surface area contributed by atoms with E-state index in [2.05, 4.69) is 31.0 Å². The zero-order chi connectivity index (χ0) is 12.8. The highest BCUT2D eigenvalue weighted by Crippen LogP contribution is 2.16. The van der Waals surface area contributed by atoms with Gasteiger partial charge in [0.15, 0.2) is 5.16 Å². The fraction of sp³-hybridized carbons (Fsp3) is 0.333. The minimum Gasteiger partial charge on any atom is -0.368 e. The van der Waals surface area contributed by atoms with Crippen LogP contribution in [0.15, 0.2) is 23.6 Å². The molecule has 0 bridgehead atoms. The van der Waals surface area contributed by atoms with Crippen LogP contribution in [0.3, 0.4) is 0 Å². The van der Waals surface area contributed by atoms with E-state index < -0.39 is 0 Å². The lowest BCUT2D eigenvalue weighted by atomic mass is 10.5. The van der Waals surface area contributed by atoms with E-state index in [1.54, 1.807) is 16.9 Å². The number of hydrogen-bond donors (Lipinski definition) is 3. The SMILES string of the molecule is CSc1nc(NN)cc(NCCn2ccnn2)n1. The van der Waals surface area contributed by atoms with Crippen molar-refractivity contribution in [3.8, 4) is 0 Å². The van der Waals surface area contributed by atoms with E-state index in [0.717, 1.165) is 5.82 Å². The zero-order valence-corrected chi connectivity index (χ0v) is 10.7. The molecule has 0 saturated heterocycles. The molecule has 0 aliphatic carbocycles. The minimum absolute atomic E-state index is 0.581. The first-order valence-electron chi connectivity index (χ1n) is 5.29. The van der Waals surface area contributed by atoms with Gasteiger partial charge in [-0.05, 0) is 6.26 Å². The van der Waals surface area contributed by atoms with Crippen molar-refractivity contribution in [3.63, 3.8) is 0 Å². The molecule has 9 heteroatoms. The number of hydrogen-bond acceptors (Lipinski definition) is 8. The predicted octanol–water partition coefficient (Wildman–Crippen LogP) is 0.188. The number of aromatic nitrogens is 5. The second-order valence-corrected chi connectivity index (χ2v) is 4.14. The first-order valence-corrected chi connectivity index (χ1v) is 6.52. The molecule has 2 heterocycles. The maximum Gasteiger partial charge on any atom is 0.191 e. The van der Waals surface area contributed by atoms with E-state index in [1.807, 2.05) is 12.5 Å². The number of nitrogens with two attached hydrogens (primary N) is 1. The first kappa shape index (κ1) is 12.6. The highest BCUT2D eigenvalue weighted by atomic mass is 32.2. The Labute approximate surface area is 108 Å². The van der Waals surface area contributed by atoms with Crippen LogP contribution in [0.1, 0.15) is 0 Å². The molecule has 8 nitrogen and oxygen atoms in total. The highest BCUT2D eigenvalue weighted by Gasteiger charge is 2.02. The van der Waals surface area contributed by atoms with Gasteiger partial charge in [0, 0.05) is 18.8 Å². The number of hydrazine groups is 1. The number of nitrogens with zero attached hydrogens (tertiary/aromatic N) is 5. The second-order valence-electron chi connectivity index (χ2n) is 3.36. The van der Waals surface area contributed by atoms with Crippen molar-refractivity contribution in [3.05, 3.63) is 18.5 Å². The Morgan fingerprint density at radius 1 is 1.39 bits per heavy atom. The molecule has 0 aliphatic heterocycles. The van der Waals surface area contributed by atoms with Crippen LogP contribution in [0.4, 0.5) is 11.6 Å². The molecule has 2 rings (SSSR count). The Morgan fingerprint density at radius 2 is 2.22 bits per heavy atom. The van der Waals surface area contributed by atoms with Gasteiger partial charge in [0.25, 0.3) is 0 Å². The lowest BCUT2D eigenvalue weighted by molar-refractivity contribution is 0.608. The highest BCUT2D eigenvalue weighted by molar-refractivity contribution is 7.98. The molecule has 0 fully saturated rings. The van der Waals surface area contributed by atoms with Crippen LogP contribution in [0.25, 0.3) is 0 Å². The first-order chi connectivity index (χ1) is 8.81. The van der Waals surface area contributed by atoms with Gasteiger partial charge in [0.2, 0.25) is 0 Å². The number of anilines is 2. The van der Waals surface area contributed by atoms with Crippen molar-refractivity contribution in [2.75, 3.05) is 23.5 Å². The fourth-order valence-corrected chi connectivity index (χ4v) is 1.71. The van der Waals surface area contributed by atoms with Crippen LogP contribution in [0.5, 0.6) is 0 Å². The van der Waals surface area contributed by atoms with E-state index >= 15 is 0 Å². The summed E-state index contributed by atoms with van der Waals surface area (Å²) in [6.45, 7) is 1.40. The molecule has 18 heavy (non-hydrogen) atoms. The molecule has 0 atom stereocenters. The molecule has 0 amide bonds. The molecular formula is C9H14N8S. The number of thioether (sulfide) groups is 1. The van der Waals surface area contributed by atoms with E-state index in [9.17, 15) is 0 Å². The van der Waals surface area contributed by atoms with E-state index in [-0.39, 0.29) is 0 Å². The molecule has 0 aromatic carbocycles. The van der Waals surface area contributed by atoms with Gasteiger partial charge < -0.3 is 10.7 Å². The van der Waals surface area contributed by atoms with Crippen LogP contribution < -0.4 is 16.6 Å². The largest absolute Gasteiger partial charge is 0.368 e. The molecular weight excluding hydrogens is 252 g/mol. The Hall–Kier alpha value is -1.87. The van der Waals surface area contributed by atoms with Crippen LogP contribution in [-0.2, 0) is 6.54 Å². The second kappa shape index (κ2) is 6.17. The third kappa shape index (κ3) is 3.31. The summed E-state index contributed by atoms with van der Waals surface area (Å²) >= 11 is 1.46. The normalized spacial score (nSPS) is 10.3. The zero-order valence-electron chi connectivity index (χ0n) is 9.87. The quantitative estimate of drug-likeness (QED) is 0.294. The van der Waals surface area contributed by atoms with Gasteiger partial charge in [-0.25, -0.2) is 15.8 Å². The third-order valence-electron chi connectivity index (χ3n) is 2.16. The molecule has 0 radical (unpaired) electrons. The monoisotopic (exact) mass is 266 g/mol. The van der Waals surface area contributed by atoms with Crippen LogP contribution in [0.2, 0.25) is 0 Å². The lowest BCUT2D eigenvalue weighted by Gasteiger charge is -2.08. The Kier molecular flexibility index (Phi) is 4.31. The van der Waals surface area contributed by atoms with E-state index in [0.29, 0.717) is 24.1 Å². The molecule has 0 unspecified atom stereocenters. The van der Waals surface area contributed by atoms with Gasteiger partial charge in [-0.3, -0.25) is 4.68 Å². The summed E-state index contributed by atoms with van der Waals surface area (Å²) in [5.41, 5.74) is 2.51. The number of nitrogen functional groups attached to an aromatic ring is 1. The predicted molar refractivity (Wildman–Crippen MR) is 70.1 cm³/mol. The summed E-state index contributed by atoms with van der Waals surface area (Å²) < 4.78 is 1.74. The third-order valence-corrected chi connectivity index (χ3v) is 2.70. The van der Waals surface area contributed by atoms with E-state index in [1.165, 1.54) is 11.8 Å². The standard InChI is InChI=1S/C9H14N8S/c1-18-9-13-7(6-8(14-9)15-10)11-2-4-17-5-3-12-16-17/h3,5-6H,2,4,10H2,1H3,(H2,11,13,14,15). The number of rotatable bonds is 6. The Bertz CT molecular complexity index is 463. The van der Waals surface area contributed by atoms with Crippen molar-refractivity contribution in [1.29, 1.82) is 0 Å². The molecule has 2 aromatic rings. The van der Waals surface area contributed by atoms with Crippen molar-refractivity contribution in [1.82, 2.24) is 25.0 Å². The molecule has 0 spiro atoms. The maximum atomic E-state index is 5.35. The maximum absolute atomic E-state index is 5.35. The van der Waals surface area contributed by atoms with Crippen molar-refractivity contribution in [2.45, 2.75) is 11.7 Å². The molecule has 96 valence electrons. The van der Waals surface area contributed by atoms with Crippen LogP contribution in [-0.4, -0.2) is 37.8 Å². The van der Waals surface area contributed by atoms with Gasteiger partial charge in [0.1, 0.15) is 11.6 Å². The van der Waals surface area contributed by atoms with E-state index in [4.69, 9.17) is 5.84 Å². The molecule has 2 aromatic heterocycles. The number of nitrogens with one attached hydrogen (secondary N) is 2. The van der Waals surface area contributed by atoms with Gasteiger partial charge in [0.05, 0.1) is 12.7 Å².